The lowest BCUT2D eigenvalue weighted by molar-refractivity contribution is -0.137. The van der Waals surface area contributed by atoms with Gasteiger partial charge in [-0.1, -0.05) is 0 Å². The first-order chi connectivity index (χ1) is 11.7. The molecule has 5 nitrogen and oxygen atoms in total. The number of aromatic nitrogens is 3. The average Bonchev–Trinajstić information content (AvgIpc) is 2.82. The van der Waals surface area contributed by atoms with Crippen molar-refractivity contribution in [2.24, 2.45) is 7.05 Å². The highest BCUT2D eigenvalue weighted by Gasteiger charge is 2.31. The van der Waals surface area contributed by atoms with Crippen LogP contribution in [-0.4, -0.2) is 14.5 Å². The van der Waals surface area contributed by atoms with Gasteiger partial charge >= 0.3 is 6.18 Å². The van der Waals surface area contributed by atoms with E-state index in [0.29, 0.717) is 17.0 Å². The third-order valence-electron chi connectivity index (χ3n) is 3.92. The second kappa shape index (κ2) is 6.21. The number of benzene rings is 1. The molecule has 25 heavy (non-hydrogen) atoms. The third-order valence-corrected chi connectivity index (χ3v) is 4.68. The molecule has 1 aromatic carbocycles. The molecule has 0 radical (unpaired) electrons. The van der Waals surface area contributed by atoms with Gasteiger partial charge in [0.05, 0.1) is 21.6 Å². The molecule has 3 aromatic rings. The van der Waals surface area contributed by atoms with Crippen molar-refractivity contribution in [2.75, 3.05) is 11.1 Å². The molecule has 2 heterocycles. The number of hydrogen-bond donors (Lipinski definition) is 2. The lowest BCUT2D eigenvalue weighted by atomic mass is 10.0. The molecule has 0 saturated heterocycles. The Kier molecular flexibility index (Phi) is 4.36. The minimum absolute atomic E-state index is 0.0637. The summed E-state index contributed by atoms with van der Waals surface area (Å²) in [7, 11) is 1.85. The zero-order valence-corrected chi connectivity index (χ0v) is 15.0. The highest BCUT2D eigenvalue weighted by Crippen LogP contribution is 2.34. The van der Waals surface area contributed by atoms with E-state index in [4.69, 9.17) is 5.73 Å². The third kappa shape index (κ3) is 3.41. The van der Waals surface area contributed by atoms with Crippen molar-refractivity contribution in [3.8, 4) is 0 Å². The lowest BCUT2D eigenvalue weighted by Crippen LogP contribution is -2.12. The fraction of sp³-hybridized carbons (Fsp3) is 0.250. The van der Waals surface area contributed by atoms with E-state index >= 15 is 0 Å². The normalized spacial score (nSPS) is 13.2. The van der Waals surface area contributed by atoms with Crippen molar-refractivity contribution in [1.82, 2.24) is 14.5 Å². The Hall–Kier alpha value is -2.29. The molecule has 0 aliphatic heterocycles. The zero-order chi connectivity index (χ0) is 18.4. The van der Waals surface area contributed by atoms with Gasteiger partial charge < -0.3 is 15.6 Å². The number of nitrogen functional groups attached to an aromatic ring is 1. The molecule has 0 aliphatic carbocycles. The van der Waals surface area contributed by atoms with E-state index in [1.807, 2.05) is 17.7 Å². The number of rotatable bonds is 3. The topological polar surface area (TPSA) is 68.8 Å². The van der Waals surface area contributed by atoms with Crippen LogP contribution in [0.1, 0.15) is 24.1 Å². The van der Waals surface area contributed by atoms with E-state index in [1.54, 1.807) is 6.92 Å². The molecular formula is C16H15BrF3N5. The second-order valence-corrected chi connectivity index (χ2v) is 6.55. The number of nitrogens with one attached hydrogen (secondary N) is 1. The van der Waals surface area contributed by atoms with Gasteiger partial charge in [-0.3, -0.25) is 0 Å². The van der Waals surface area contributed by atoms with Crippen molar-refractivity contribution < 1.29 is 13.2 Å². The van der Waals surface area contributed by atoms with Gasteiger partial charge in [0.25, 0.3) is 0 Å². The number of anilines is 2. The minimum atomic E-state index is -4.45. The molecule has 9 heteroatoms. The lowest BCUT2D eigenvalue weighted by Gasteiger charge is -2.18. The molecule has 3 rings (SSSR count). The molecule has 132 valence electrons. The highest BCUT2D eigenvalue weighted by molar-refractivity contribution is 9.10. The number of nitrogens with zero attached hydrogens (tertiary/aromatic N) is 3. The van der Waals surface area contributed by atoms with Crippen LogP contribution in [0.4, 0.5) is 24.7 Å². The van der Waals surface area contributed by atoms with E-state index in [9.17, 15) is 13.2 Å². The smallest absolute Gasteiger partial charge is 0.399 e. The Bertz CT molecular complexity index is 935. The standard InChI is InChI=1S/C16H15BrF3N5/c1-8(9-3-10(16(18,19)20)5-11(21)4-9)24-14-12-6-13(17)25(2)15(12)23-7-22-14/h3-8H,21H2,1-2H3,(H,22,23,24)/t8-/m1/s1. The van der Waals surface area contributed by atoms with Crippen molar-refractivity contribution in [2.45, 2.75) is 19.1 Å². The first kappa shape index (κ1) is 17.5. The summed E-state index contributed by atoms with van der Waals surface area (Å²) in [5.41, 5.74) is 6.06. The van der Waals surface area contributed by atoms with Crippen LogP contribution in [0.2, 0.25) is 0 Å². The Morgan fingerprint density at radius 1 is 1.20 bits per heavy atom. The molecule has 3 N–H and O–H groups in total. The minimum Gasteiger partial charge on any atom is -0.399 e. The van der Waals surface area contributed by atoms with Crippen LogP contribution in [-0.2, 0) is 13.2 Å². The van der Waals surface area contributed by atoms with Crippen LogP contribution >= 0.6 is 15.9 Å². The van der Waals surface area contributed by atoms with Crippen LogP contribution in [0.3, 0.4) is 0 Å². The van der Waals surface area contributed by atoms with Gasteiger partial charge in [-0.05, 0) is 52.7 Å². The van der Waals surface area contributed by atoms with Crippen molar-refractivity contribution >= 4 is 38.5 Å². The molecule has 0 fully saturated rings. The van der Waals surface area contributed by atoms with Crippen LogP contribution in [0.25, 0.3) is 11.0 Å². The van der Waals surface area contributed by atoms with Gasteiger partial charge in [-0.2, -0.15) is 13.2 Å². The van der Waals surface area contributed by atoms with Crippen LogP contribution < -0.4 is 11.1 Å². The predicted molar refractivity (Wildman–Crippen MR) is 94.1 cm³/mol. The number of fused-ring (bicyclic) bond motifs is 1. The summed E-state index contributed by atoms with van der Waals surface area (Å²) in [5, 5.41) is 3.91. The Morgan fingerprint density at radius 2 is 1.92 bits per heavy atom. The van der Waals surface area contributed by atoms with Crippen LogP contribution in [0, 0.1) is 0 Å². The summed E-state index contributed by atoms with van der Waals surface area (Å²) in [5.74, 6) is 0.537. The molecule has 0 amide bonds. The maximum absolute atomic E-state index is 13.0. The second-order valence-electron chi connectivity index (χ2n) is 5.74. The number of hydrogen-bond acceptors (Lipinski definition) is 4. The molecular weight excluding hydrogens is 399 g/mol. The van der Waals surface area contributed by atoms with E-state index in [0.717, 1.165) is 22.1 Å². The number of nitrogens with two attached hydrogens (primary N) is 1. The van der Waals surface area contributed by atoms with Crippen LogP contribution in [0.5, 0.6) is 0 Å². The summed E-state index contributed by atoms with van der Waals surface area (Å²) in [4.78, 5) is 8.43. The SMILES string of the molecule is C[C@@H](Nc1ncnc2c1cc(Br)n2C)c1cc(N)cc(C(F)(F)F)c1. The maximum atomic E-state index is 13.0. The molecule has 2 aromatic heterocycles. The van der Waals surface area contributed by atoms with Crippen molar-refractivity contribution in [3.63, 3.8) is 0 Å². The summed E-state index contributed by atoms with van der Waals surface area (Å²) < 4.78 is 41.6. The summed E-state index contributed by atoms with van der Waals surface area (Å²) in [6.07, 6.45) is -3.04. The highest BCUT2D eigenvalue weighted by atomic mass is 79.9. The van der Waals surface area contributed by atoms with E-state index < -0.39 is 17.8 Å². The van der Waals surface area contributed by atoms with E-state index in [2.05, 4.69) is 31.2 Å². The van der Waals surface area contributed by atoms with Gasteiger partial charge in [0, 0.05) is 12.7 Å². The fourth-order valence-electron chi connectivity index (χ4n) is 2.60. The monoisotopic (exact) mass is 413 g/mol. The van der Waals surface area contributed by atoms with Crippen molar-refractivity contribution in [1.29, 1.82) is 0 Å². The van der Waals surface area contributed by atoms with Gasteiger partial charge in [0.1, 0.15) is 17.8 Å². The van der Waals surface area contributed by atoms with Crippen LogP contribution in [0.15, 0.2) is 35.2 Å². The summed E-state index contributed by atoms with van der Waals surface area (Å²) in [6.45, 7) is 1.75. The Morgan fingerprint density at radius 3 is 2.60 bits per heavy atom. The molecule has 0 unspecified atom stereocenters. The van der Waals surface area contributed by atoms with Gasteiger partial charge in [0.15, 0.2) is 0 Å². The van der Waals surface area contributed by atoms with Crippen molar-refractivity contribution in [3.05, 3.63) is 46.3 Å². The molecule has 0 saturated carbocycles. The largest absolute Gasteiger partial charge is 0.416 e. The Balaban J connectivity index is 1.97. The summed E-state index contributed by atoms with van der Waals surface area (Å²) >= 11 is 3.42. The number of aryl methyl sites for hydroxylation is 1. The molecule has 0 aliphatic rings. The molecule has 0 bridgehead atoms. The predicted octanol–water partition coefficient (Wildman–Crippen LogP) is 4.50. The van der Waals surface area contributed by atoms with Gasteiger partial charge in [-0.25, -0.2) is 9.97 Å². The maximum Gasteiger partial charge on any atom is 0.416 e. The van der Waals surface area contributed by atoms with Gasteiger partial charge in [-0.15, -0.1) is 0 Å². The fourth-order valence-corrected chi connectivity index (χ4v) is 2.99. The quantitative estimate of drug-likeness (QED) is 0.620. The van der Waals surface area contributed by atoms with E-state index in [-0.39, 0.29) is 5.69 Å². The molecule has 0 spiro atoms. The zero-order valence-electron chi connectivity index (χ0n) is 13.4. The number of halogens is 4. The Labute approximate surface area is 150 Å². The summed E-state index contributed by atoms with van der Waals surface area (Å²) in [6, 6.07) is 4.96. The first-order valence-corrected chi connectivity index (χ1v) is 8.16. The molecule has 1 atom stereocenters. The number of alkyl halides is 3. The first-order valence-electron chi connectivity index (χ1n) is 7.37. The average molecular weight is 414 g/mol. The van der Waals surface area contributed by atoms with Gasteiger partial charge in [0.2, 0.25) is 0 Å². The van der Waals surface area contributed by atoms with E-state index in [1.165, 1.54) is 12.4 Å².